The summed E-state index contributed by atoms with van der Waals surface area (Å²) in [6.07, 6.45) is 4.40. The van der Waals surface area contributed by atoms with Gasteiger partial charge in [0.1, 0.15) is 5.82 Å². The van der Waals surface area contributed by atoms with E-state index < -0.39 is 0 Å². The van der Waals surface area contributed by atoms with E-state index >= 15 is 0 Å². The number of H-pyrrole nitrogens is 1. The predicted molar refractivity (Wildman–Crippen MR) is 106 cm³/mol. The van der Waals surface area contributed by atoms with E-state index in [-0.39, 0.29) is 23.8 Å². The molecular formula is C21H28N4O3. The van der Waals surface area contributed by atoms with E-state index in [2.05, 4.69) is 9.97 Å². The number of hydrogen-bond donors (Lipinski definition) is 2. The van der Waals surface area contributed by atoms with Crippen molar-refractivity contribution >= 4 is 22.8 Å². The molecule has 2 aromatic rings. The lowest BCUT2D eigenvalue weighted by Gasteiger charge is -2.48. The Morgan fingerprint density at radius 2 is 2.11 bits per heavy atom. The average Bonchev–Trinajstić information content (AvgIpc) is 3.12. The molecule has 2 N–H and O–H groups in total. The van der Waals surface area contributed by atoms with Crippen LogP contribution in [-0.4, -0.2) is 69.5 Å². The summed E-state index contributed by atoms with van der Waals surface area (Å²) in [6, 6.07) is 7.89. The lowest BCUT2D eigenvalue weighted by molar-refractivity contribution is -0.143. The van der Waals surface area contributed by atoms with Crippen molar-refractivity contribution in [3.05, 3.63) is 30.1 Å². The molecule has 0 unspecified atom stereocenters. The third-order valence-electron chi connectivity index (χ3n) is 6.15. The minimum Gasteiger partial charge on any atom is -0.395 e. The second-order valence-corrected chi connectivity index (χ2v) is 8.16. The quantitative estimate of drug-likeness (QED) is 0.821. The standard InChI is InChI=1S/C21H28N4O3/c26-13-12-25-15-21(10-8-20(25)28)9-3-11-24(14-21)19(27)7-6-18-22-16-4-1-2-5-17(16)23-18/h1-2,4-5,26H,3,6-15H2,(H,22,23)/t21-/m1/s1. The van der Waals surface area contributed by atoms with Crippen LogP contribution in [0.25, 0.3) is 11.0 Å². The maximum atomic E-state index is 12.8. The first-order valence-electron chi connectivity index (χ1n) is 10.2. The Bertz CT molecular complexity index is 831. The van der Waals surface area contributed by atoms with Crippen LogP contribution in [0.5, 0.6) is 0 Å². The zero-order valence-corrected chi connectivity index (χ0v) is 16.2. The van der Waals surface area contributed by atoms with Crippen LogP contribution in [0.15, 0.2) is 24.3 Å². The van der Waals surface area contributed by atoms with Gasteiger partial charge in [-0.2, -0.15) is 0 Å². The number of para-hydroxylation sites is 2. The molecule has 1 aromatic heterocycles. The third-order valence-corrected chi connectivity index (χ3v) is 6.15. The number of likely N-dealkylation sites (tertiary alicyclic amines) is 2. The van der Waals surface area contributed by atoms with E-state index in [1.165, 1.54) is 0 Å². The molecule has 2 fully saturated rings. The van der Waals surface area contributed by atoms with Crippen LogP contribution < -0.4 is 0 Å². The summed E-state index contributed by atoms with van der Waals surface area (Å²) in [5, 5.41) is 9.23. The normalized spacial score (nSPS) is 23.0. The van der Waals surface area contributed by atoms with Crippen molar-refractivity contribution in [2.75, 3.05) is 32.8 Å². The molecule has 2 aliphatic rings. The van der Waals surface area contributed by atoms with Gasteiger partial charge in [-0.15, -0.1) is 0 Å². The van der Waals surface area contributed by atoms with E-state index in [4.69, 9.17) is 0 Å². The molecule has 0 radical (unpaired) electrons. The topological polar surface area (TPSA) is 89.5 Å². The number of carbonyl (C=O) groups is 2. The van der Waals surface area contributed by atoms with Crippen molar-refractivity contribution in [1.82, 2.24) is 19.8 Å². The number of nitrogens with zero attached hydrogens (tertiary/aromatic N) is 3. The molecule has 0 bridgehead atoms. The Kier molecular flexibility index (Phi) is 5.35. The van der Waals surface area contributed by atoms with Gasteiger partial charge in [0.25, 0.3) is 0 Å². The first-order valence-corrected chi connectivity index (χ1v) is 10.2. The van der Waals surface area contributed by atoms with Crippen LogP contribution in [0.1, 0.15) is 37.9 Å². The molecule has 0 saturated carbocycles. The number of fused-ring (bicyclic) bond motifs is 1. The van der Waals surface area contributed by atoms with E-state index in [0.717, 1.165) is 42.7 Å². The average molecular weight is 384 g/mol. The molecule has 1 spiro atoms. The first-order chi connectivity index (χ1) is 13.6. The predicted octanol–water partition coefficient (Wildman–Crippen LogP) is 1.72. The molecule has 4 rings (SSSR count). The molecule has 2 saturated heterocycles. The zero-order valence-electron chi connectivity index (χ0n) is 16.2. The molecular weight excluding hydrogens is 356 g/mol. The summed E-state index contributed by atoms with van der Waals surface area (Å²) in [6.45, 7) is 2.53. The number of imidazole rings is 1. The zero-order chi connectivity index (χ0) is 19.6. The second-order valence-electron chi connectivity index (χ2n) is 8.16. The summed E-state index contributed by atoms with van der Waals surface area (Å²) in [5.74, 6) is 1.12. The summed E-state index contributed by atoms with van der Waals surface area (Å²) in [4.78, 5) is 36.5. The van der Waals surface area contributed by atoms with Gasteiger partial charge in [0.05, 0.1) is 17.6 Å². The molecule has 150 valence electrons. The van der Waals surface area contributed by atoms with Gasteiger partial charge in [-0.25, -0.2) is 4.98 Å². The number of hydrogen-bond acceptors (Lipinski definition) is 4. The fourth-order valence-electron chi connectivity index (χ4n) is 4.69. The Balaban J connectivity index is 1.37. The number of amides is 2. The molecule has 7 nitrogen and oxygen atoms in total. The van der Waals surface area contributed by atoms with E-state index in [1.807, 2.05) is 29.2 Å². The fraction of sp³-hybridized carbons (Fsp3) is 0.571. The number of aryl methyl sites for hydroxylation is 1. The van der Waals surface area contributed by atoms with Crippen LogP contribution in [0.2, 0.25) is 0 Å². The van der Waals surface area contributed by atoms with Crippen molar-refractivity contribution in [2.45, 2.75) is 38.5 Å². The minimum absolute atomic E-state index is 0.0119. The Morgan fingerprint density at radius 3 is 2.93 bits per heavy atom. The van der Waals surface area contributed by atoms with Gasteiger partial charge in [0.2, 0.25) is 11.8 Å². The summed E-state index contributed by atoms with van der Waals surface area (Å²) < 4.78 is 0. The number of aromatic nitrogens is 2. The van der Waals surface area contributed by atoms with Crippen molar-refractivity contribution in [3.8, 4) is 0 Å². The maximum absolute atomic E-state index is 12.8. The van der Waals surface area contributed by atoms with Gasteiger partial charge < -0.3 is 19.9 Å². The number of nitrogens with one attached hydrogen (secondary N) is 1. The van der Waals surface area contributed by atoms with Gasteiger partial charge >= 0.3 is 0 Å². The van der Waals surface area contributed by atoms with Crippen molar-refractivity contribution in [3.63, 3.8) is 0 Å². The van der Waals surface area contributed by atoms with Gasteiger partial charge in [0, 0.05) is 50.9 Å². The van der Waals surface area contributed by atoms with Crippen LogP contribution in [0.3, 0.4) is 0 Å². The van der Waals surface area contributed by atoms with Crippen molar-refractivity contribution in [1.29, 1.82) is 0 Å². The number of carbonyl (C=O) groups excluding carboxylic acids is 2. The van der Waals surface area contributed by atoms with Gasteiger partial charge in [-0.3, -0.25) is 9.59 Å². The molecule has 2 amide bonds. The number of aromatic amines is 1. The summed E-state index contributed by atoms with van der Waals surface area (Å²) in [7, 11) is 0. The number of aliphatic hydroxyl groups is 1. The highest BCUT2D eigenvalue weighted by molar-refractivity contribution is 5.78. The molecule has 1 aromatic carbocycles. The van der Waals surface area contributed by atoms with Crippen LogP contribution in [0.4, 0.5) is 0 Å². The molecule has 28 heavy (non-hydrogen) atoms. The molecule has 2 aliphatic heterocycles. The van der Waals surface area contributed by atoms with Gasteiger partial charge in [-0.1, -0.05) is 12.1 Å². The molecule has 7 heteroatoms. The second kappa shape index (κ2) is 7.91. The highest BCUT2D eigenvalue weighted by Crippen LogP contribution is 2.39. The molecule has 1 atom stereocenters. The molecule has 3 heterocycles. The van der Waals surface area contributed by atoms with Crippen molar-refractivity contribution in [2.24, 2.45) is 5.41 Å². The molecule has 0 aliphatic carbocycles. The fourth-order valence-corrected chi connectivity index (χ4v) is 4.69. The van der Waals surface area contributed by atoms with E-state index in [9.17, 15) is 14.7 Å². The van der Waals surface area contributed by atoms with Crippen molar-refractivity contribution < 1.29 is 14.7 Å². The number of rotatable bonds is 5. The highest BCUT2D eigenvalue weighted by Gasteiger charge is 2.42. The maximum Gasteiger partial charge on any atom is 0.223 e. The third kappa shape index (κ3) is 3.90. The van der Waals surface area contributed by atoms with Crippen LogP contribution >= 0.6 is 0 Å². The number of piperidine rings is 2. The summed E-state index contributed by atoms with van der Waals surface area (Å²) >= 11 is 0. The van der Waals surface area contributed by atoms with Gasteiger partial charge in [-0.05, 0) is 31.4 Å². The SMILES string of the molecule is O=C1CC[C@@]2(CCCN(C(=O)CCc3nc4ccccc4[nH]3)C2)CN1CCO. The summed E-state index contributed by atoms with van der Waals surface area (Å²) in [5.41, 5.74) is 1.91. The first kappa shape index (κ1) is 18.9. The number of aliphatic hydroxyl groups excluding tert-OH is 1. The van der Waals surface area contributed by atoms with Gasteiger partial charge in [0.15, 0.2) is 0 Å². The minimum atomic E-state index is -0.0175. The number of β-amino-alcohol motifs (C(OH)–C–C–N with tert-alkyl or cyclic N) is 1. The Hall–Kier alpha value is -2.41. The Labute approximate surface area is 164 Å². The van der Waals surface area contributed by atoms with E-state index in [1.54, 1.807) is 4.90 Å². The lowest BCUT2D eigenvalue weighted by atomic mass is 9.73. The number of benzene rings is 1. The highest BCUT2D eigenvalue weighted by atomic mass is 16.3. The lowest BCUT2D eigenvalue weighted by Crippen LogP contribution is -2.55. The van der Waals surface area contributed by atoms with E-state index in [0.29, 0.717) is 38.9 Å². The Morgan fingerprint density at radius 1 is 1.25 bits per heavy atom. The smallest absolute Gasteiger partial charge is 0.223 e. The monoisotopic (exact) mass is 384 g/mol. The van der Waals surface area contributed by atoms with Crippen LogP contribution in [-0.2, 0) is 16.0 Å². The largest absolute Gasteiger partial charge is 0.395 e. The van der Waals surface area contributed by atoms with Crippen LogP contribution in [0, 0.1) is 5.41 Å².